The molecule has 2 aromatic carbocycles. The molecule has 0 radical (unpaired) electrons. The van der Waals surface area contributed by atoms with Gasteiger partial charge in [-0.3, -0.25) is 9.59 Å². The normalized spacial score (nSPS) is 15.3. The Hall–Kier alpha value is -3.74. The van der Waals surface area contributed by atoms with E-state index in [2.05, 4.69) is 16.3 Å². The van der Waals surface area contributed by atoms with Crippen LogP contribution in [0.15, 0.2) is 53.5 Å². The molecule has 2 aromatic heterocycles. The summed E-state index contributed by atoms with van der Waals surface area (Å²) in [5.74, 6) is 0.201. The lowest BCUT2D eigenvalue weighted by Crippen LogP contribution is -2.37. The highest BCUT2D eigenvalue weighted by Gasteiger charge is 2.31. The van der Waals surface area contributed by atoms with E-state index in [1.54, 1.807) is 15.8 Å². The number of aromatic nitrogens is 4. The lowest BCUT2D eigenvalue weighted by Gasteiger charge is -2.18. The van der Waals surface area contributed by atoms with E-state index in [0.29, 0.717) is 18.0 Å². The summed E-state index contributed by atoms with van der Waals surface area (Å²) in [6.45, 7) is 4.61. The monoisotopic (exact) mass is 439 g/mol. The average Bonchev–Trinajstić information content (AvgIpc) is 3.40. The molecular formula is C26H25N5O2. The molecule has 33 heavy (non-hydrogen) atoms. The number of carbonyl (C=O) groups is 1. The van der Waals surface area contributed by atoms with E-state index >= 15 is 0 Å². The Kier molecular flexibility index (Phi) is 4.47. The van der Waals surface area contributed by atoms with Crippen molar-refractivity contribution in [3.63, 3.8) is 0 Å². The van der Waals surface area contributed by atoms with E-state index in [-0.39, 0.29) is 18.0 Å². The molecule has 1 fully saturated rings. The first kappa shape index (κ1) is 19.9. The molecule has 0 bridgehead atoms. The minimum absolute atomic E-state index is 0.0825. The van der Waals surface area contributed by atoms with Crippen LogP contribution in [0.2, 0.25) is 0 Å². The van der Waals surface area contributed by atoms with Crippen LogP contribution in [0.4, 0.5) is 5.69 Å². The Bertz CT molecular complexity index is 1480. The molecule has 4 aromatic rings. The molecule has 7 nitrogen and oxygen atoms in total. The van der Waals surface area contributed by atoms with Gasteiger partial charge in [0.05, 0.1) is 17.6 Å². The maximum Gasteiger partial charge on any atom is 0.293 e. The predicted octanol–water partition coefficient (Wildman–Crippen LogP) is 3.67. The number of nitrogens with zero attached hydrogens (tertiary/aromatic N) is 5. The first-order valence-corrected chi connectivity index (χ1v) is 11.5. The van der Waals surface area contributed by atoms with Gasteiger partial charge in [0.2, 0.25) is 5.91 Å². The van der Waals surface area contributed by atoms with Gasteiger partial charge in [-0.15, -0.1) is 0 Å². The molecule has 7 heteroatoms. The van der Waals surface area contributed by atoms with E-state index < -0.39 is 0 Å². The van der Waals surface area contributed by atoms with Gasteiger partial charge in [-0.2, -0.15) is 10.2 Å². The Morgan fingerprint density at radius 2 is 1.91 bits per heavy atom. The van der Waals surface area contributed by atoms with E-state index in [1.165, 1.54) is 4.68 Å². The highest BCUT2D eigenvalue weighted by atomic mass is 16.2. The number of hydrogen-bond acceptors (Lipinski definition) is 4. The number of rotatable bonds is 4. The van der Waals surface area contributed by atoms with Crippen LogP contribution in [0.25, 0.3) is 16.6 Å². The molecule has 1 aliphatic heterocycles. The van der Waals surface area contributed by atoms with Gasteiger partial charge in [0.1, 0.15) is 12.1 Å². The van der Waals surface area contributed by atoms with Gasteiger partial charge in [0.15, 0.2) is 0 Å². The number of aryl methyl sites for hydroxylation is 2. The van der Waals surface area contributed by atoms with Crippen molar-refractivity contribution >= 4 is 22.5 Å². The molecule has 0 atom stereocenters. The summed E-state index contributed by atoms with van der Waals surface area (Å²) < 4.78 is 3.06. The van der Waals surface area contributed by atoms with Crippen molar-refractivity contribution in [1.29, 1.82) is 0 Å². The summed E-state index contributed by atoms with van der Waals surface area (Å²) in [6.07, 6.45) is 4.67. The minimum Gasteiger partial charge on any atom is -0.310 e. The van der Waals surface area contributed by atoms with Crippen molar-refractivity contribution in [2.24, 2.45) is 0 Å². The fourth-order valence-electron chi connectivity index (χ4n) is 4.90. The molecule has 1 amide bonds. The van der Waals surface area contributed by atoms with Crippen LogP contribution in [0.5, 0.6) is 0 Å². The Labute approximate surface area is 191 Å². The molecule has 1 aliphatic carbocycles. The van der Waals surface area contributed by atoms with Crippen LogP contribution in [0.1, 0.15) is 41.1 Å². The Morgan fingerprint density at radius 3 is 2.70 bits per heavy atom. The number of carbonyl (C=O) groups excluding carboxylic acids is 1. The number of amides is 1. The fraction of sp³-hybridized carbons (Fsp3) is 0.308. The summed E-state index contributed by atoms with van der Waals surface area (Å²) in [5, 5.41) is 10.0. The summed E-state index contributed by atoms with van der Waals surface area (Å²) in [7, 11) is 0. The minimum atomic E-state index is -0.285. The third kappa shape index (κ3) is 3.26. The number of benzene rings is 2. The summed E-state index contributed by atoms with van der Waals surface area (Å²) in [6, 6.07) is 14.0. The highest BCUT2D eigenvalue weighted by Crippen LogP contribution is 2.41. The van der Waals surface area contributed by atoms with Crippen molar-refractivity contribution in [3.05, 3.63) is 81.4 Å². The Balaban J connectivity index is 1.46. The van der Waals surface area contributed by atoms with Crippen molar-refractivity contribution < 1.29 is 4.79 Å². The predicted molar refractivity (Wildman–Crippen MR) is 127 cm³/mol. The lowest BCUT2D eigenvalue weighted by molar-refractivity contribution is -0.119. The first-order chi connectivity index (χ1) is 16.0. The van der Waals surface area contributed by atoms with Crippen molar-refractivity contribution in [1.82, 2.24) is 19.6 Å². The zero-order chi connectivity index (χ0) is 22.7. The summed E-state index contributed by atoms with van der Waals surface area (Å²) in [5.41, 5.74) is 6.23. The second-order valence-electron chi connectivity index (χ2n) is 9.16. The molecule has 0 N–H and O–H groups in total. The largest absolute Gasteiger partial charge is 0.310 e. The second-order valence-corrected chi connectivity index (χ2v) is 9.16. The van der Waals surface area contributed by atoms with Crippen LogP contribution in [-0.4, -0.2) is 32.0 Å². The molecule has 2 aliphatic rings. The number of fused-ring (bicyclic) bond motifs is 2. The molecule has 0 spiro atoms. The maximum atomic E-state index is 13.6. The SMILES string of the molecule is Cc1ccc(-n2ncc3c(C4CC4)nn(CC(=O)N4CCc5ccccc54)c(=O)c32)c(C)c1. The summed E-state index contributed by atoms with van der Waals surface area (Å²) >= 11 is 0. The van der Waals surface area contributed by atoms with Gasteiger partial charge in [-0.05, 0) is 56.4 Å². The van der Waals surface area contributed by atoms with Gasteiger partial charge in [0, 0.05) is 23.5 Å². The number of para-hydroxylation sites is 1. The van der Waals surface area contributed by atoms with E-state index in [4.69, 9.17) is 0 Å². The Morgan fingerprint density at radius 1 is 1.09 bits per heavy atom. The average molecular weight is 440 g/mol. The quantitative estimate of drug-likeness (QED) is 0.486. The highest BCUT2D eigenvalue weighted by molar-refractivity contribution is 5.95. The van der Waals surface area contributed by atoms with Crippen LogP contribution in [-0.2, 0) is 17.8 Å². The van der Waals surface area contributed by atoms with Crippen LogP contribution in [0, 0.1) is 13.8 Å². The van der Waals surface area contributed by atoms with Crippen molar-refractivity contribution in [3.8, 4) is 5.69 Å². The topological polar surface area (TPSA) is 73.0 Å². The molecule has 0 unspecified atom stereocenters. The standard InChI is InChI=1S/C26H25N5O2/c1-16-7-10-21(17(2)13-16)31-25-20(14-27-31)24(19-8-9-19)28-30(26(25)33)15-23(32)29-12-11-18-5-3-4-6-22(18)29/h3-7,10,13-14,19H,8-9,11-12,15H2,1-2H3. The lowest BCUT2D eigenvalue weighted by atomic mass is 10.1. The fourth-order valence-corrected chi connectivity index (χ4v) is 4.90. The zero-order valence-electron chi connectivity index (χ0n) is 18.8. The third-order valence-electron chi connectivity index (χ3n) is 6.73. The smallest absolute Gasteiger partial charge is 0.293 e. The van der Waals surface area contributed by atoms with Gasteiger partial charge in [-0.25, -0.2) is 9.36 Å². The van der Waals surface area contributed by atoms with E-state index in [9.17, 15) is 9.59 Å². The number of hydrogen-bond donors (Lipinski definition) is 0. The third-order valence-corrected chi connectivity index (χ3v) is 6.73. The second kappa shape index (κ2) is 7.40. The molecule has 1 saturated carbocycles. The number of anilines is 1. The van der Waals surface area contributed by atoms with Crippen LogP contribution >= 0.6 is 0 Å². The van der Waals surface area contributed by atoms with Gasteiger partial charge >= 0.3 is 0 Å². The van der Waals surface area contributed by atoms with Crippen molar-refractivity contribution in [2.45, 2.75) is 45.6 Å². The van der Waals surface area contributed by atoms with Crippen LogP contribution in [0.3, 0.4) is 0 Å². The van der Waals surface area contributed by atoms with Gasteiger partial charge in [0.25, 0.3) is 5.56 Å². The van der Waals surface area contributed by atoms with Gasteiger partial charge in [-0.1, -0.05) is 35.9 Å². The molecule has 0 saturated heterocycles. The van der Waals surface area contributed by atoms with E-state index in [1.807, 2.05) is 50.2 Å². The van der Waals surface area contributed by atoms with E-state index in [0.717, 1.165) is 58.4 Å². The summed E-state index contributed by atoms with van der Waals surface area (Å²) in [4.78, 5) is 28.6. The van der Waals surface area contributed by atoms with Gasteiger partial charge < -0.3 is 4.90 Å². The maximum absolute atomic E-state index is 13.6. The van der Waals surface area contributed by atoms with Crippen LogP contribution < -0.4 is 10.5 Å². The van der Waals surface area contributed by atoms with Crippen molar-refractivity contribution in [2.75, 3.05) is 11.4 Å². The first-order valence-electron chi connectivity index (χ1n) is 11.5. The molecule has 6 rings (SSSR count). The molecule has 166 valence electrons. The molecular weight excluding hydrogens is 414 g/mol. The molecule has 3 heterocycles. The zero-order valence-corrected chi connectivity index (χ0v) is 18.8.